The fraction of sp³-hybridized carbons (Fsp3) is 0.750. The van der Waals surface area contributed by atoms with Crippen molar-refractivity contribution in [3.63, 3.8) is 0 Å². The van der Waals surface area contributed by atoms with Crippen LogP contribution >= 0.6 is 0 Å². The van der Waals surface area contributed by atoms with Crippen LogP contribution in [0, 0.1) is 17.8 Å². The highest BCUT2D eigenvalue weighted by molar-refractivity contribution is 5.98. The van der Waals surface area contributed by atoms with Gasteiger partial charge in [0.05, 0.1) is 6.04 Å². The molecule has 62 heavy (non-hydrogen) atoms. The van der Waals surface area contributed by atoms with Gasteiger partial charge in [0.2, 0.25) is 47.3 Å². The summed E-state index contributed by atoms with van der Waals surface area (Å²) in [5.41, 5.74) is 16.7. The SMILES string of the molecule is CC(C)[C@H](NC(=O)[C@H](C)NC(=O)[C@@H](NC(=O)[C@H](C)NC(=O)[C@@H](NC(=O)[C@@H]1CCCN1C(=O)[C@H](CCCN=C(N)N)NC(=O)[C@@H]1CCCN1C(=O)[C@H](C)N)C(C)C)C(C)C)C(=O)O. The maximum Gasteiger partial charge on any atom is 0.326 e. The first-order valence-corrected chi connectivity index (χ1v) is 21.4. The van der Waals surface area contributed by atoms with Crippen LogP contribution < -0.4 is 49.1 Å². The van der Waals surface area contributed by atoms with E-state index in [-0.39, 0.29) is 37.8 Å². The van der Waals surface area contributed by atoms with E-state index in [0.29, 0.717) is 32.2 Å². The lowest BCUT2D eigenvalue weighted by Crippen LogP contribution is -2.60. The molecule has 22 nitrogen and oxygen atoms in total. The van der Waals surface area contributed by atoms with E-state index in [1.807, 2.05) is 0 Å². The number of hydrogen-bond acceptors (Lipinski definition) is 11. The Labute approximate surface area is 363 Å². The molecule has 8 amide bonds. The van der Waals surface area contributed by atoms with Crippen LogP contribution in [0.15, 0.2) is 4.99 Å². The molecular formula is C40H70N12O10. The highest BCUT2D eigenvalue weighted by atomic mass is 16.4. The molecule has 0 saturated carbocycles. The van der Waals surface area contributed by atoms with E-state index in [4.69, 9.17) is 17.2 Å². The summed E-state index contributed by atoms with van der Waals surface area (Å²) >= 11 is 0. The van der Waals surface area contributed by atoms with E-state index in [9.17, 15) is 48.3 Å². The maximum atomic E-state index is 14.2. The summed E-state index contributed by atoms with van der Waals surface area (Å²) in [5, 5.41) is 25.0. The van der Waals surface area contributed by atoms with E-state index < -0.39 is 119 Å². The lowest BCUT2D eigenvalue weighted by Gasteiger charge is -2.32. The van der Waals surface area contributed by atoms with Crippen molar-refractivity contribution in [3.8, 4) is 0 Å². The average Bonchev–Trinajstić information content (AvgIpc) is 3.88. The average molecular weight is 879 g/mol. The van der Waals surface area contributed by atoms with Crippen LogP contribution in [0.3, 0.4) is 0 Å². The van der Waals surface area contributed by atoms with Gasteiger partial charge in [-0.15, -0.1) is 0 Å². The van der Waals surface area contributed by atoms with Gasteiger partial charge in [-0.2, -0.15) is 0 Å². The molecular weight excluding hydrogens is 809 g/mol. The van der Waals surface area contributed by atoms with E-state index in [0.717, 1.165) is 0 Å². The fourth-order valence-electron chi connectivity index (χ4n) is 7.22. The zero-order valence-corrected chi connectivity index (χ0v) is 37.5. The zero-order valence-electron chi connectivity index (χ0n) is 37.5. The van der Waals surface area contributed by atoms with Crippen LogP contribution in [0.4, 0.5) is 0 Å². The van der Waals surface area contributed by atoms with E-state index in [2.05, 4.69) is 36.9 Å². The minimum Gasteiger partial charge on any atom is -0.480 e. The topological polar surface area (TPSA) is 343 Å². The Morgan fingerprint density at radius 1 is 0.597 bits per heavy atom. The van der Waals surface area contributed by atoms with Crippen molar-refractivity contribution in [2.24, 2.45) is 39.9 Å². The number of aliphatic imine (C=N–C) groups is 1. The number of guanidine groups is 1. The van der Waals surface area contributed by atoms with Gasteiger partial charge in [0.15, 0.2) is 5.96 Å². The lowest BCUT2D eigenvalue weighted by atomic mass is 10.0. The maximum absolute atomic E-state index is 14.2. The molecule has 350 valence electrons. The Kier molecular flexibility index (Phi) is 20.5. The van der Waals surface area contributed by atoms with Gasteiger partial charge < -0.3 is 64.0 Å². The standard InChI is InChI=1S/C40H70N12O10/c1-19(2)28(35(57)46-24(9)32(54)50-30(21(5)6)39(61)62)48-31(53)23(8)45-36(58)29(20(3)4)49-34(56)27-15-12-18-52(27)38(60)25(13-10-16-44-40(42)43)47-33(55)26-14-11-17-51(26)37(59)22(7)41/h19-30H,10-18,41H2,1-9H3,(H,45,58)(H,46,57)(H,47,55)(H,48,53)(H,49,56)(H,50,54)(H,61,62)(H4,42,43,44)/t22-,23-,24-,25-,26-,27-,28-,29-,30-/m0/s1. The molecule has 13 N–H and O–H groups in total. The molecule has 0 aliphatic carbocycles. The Morgan fingerprint density at radius 3 is 1.44 bits per heavy atom. The van der Waals surface area contributed by atoms with Crippen molar-refractivity contribution >= 4 is 59.2 Å². The van der Waals surface area contributed by atoms with Gasteiger partial charge in [-0.25, -0.2) is 4.79 Å². The number of nitrogens with zero attached hydrogens (tertiary/aromatic N) is 3. The smallest absolute Gasteiger partial charge is 0.326 e. The second kappa shape index (κ2) is 24.2. The van der Waals surface area contributed by atoms with Gasteiger partial charge >= 0.3 is 5.97 Å². The van der Waals surface area contributed by atoms with Crippen LogP contribution in [-0.4, -0.2) is 148 Å². The van der Waals surface area contributed by atoms with Crippen molar-refractivity contribution in [1.82, 2.24) is 41.7 Å². The van der Waals surface area contributed by atoms with Gasteiger partial charge in [-0.1, -0.05) is 41.5 Å². The molecule has 0 spiro atoms. The van der Waals surface area contributed by atoms with Crippen LogP contribution in [-0.2, 0) is 43.2 Å². The summed E-state index contributed by atoms with van der Waals surface area (Å²) in [5.74, 6) is -7.65. The number of nitrogens with two attached hydrogens (primary N) is 3. The Bertz CT molecular complexity index is 1670. The highest BCUT2D eigenvalue weighted by Gasteiger charge is 2.42. The molecule has 0 unspecified atom stereocenters. The number of rotatable bonds is 22. The summed E-state index contributed by atoms with van der Waals surface area (Å²) in [4.78, 5) is 125. The highest BCUT2D eigenvalue weighted by Crippen LogP contribution is 2.22. The molecule has 0 aromatic carbocycles. The first-order valence-electron chi connectivity index (χ1n) is 21.4. The molecule has 2 fully saturated rings. The number of carboxylic acids is 1. The van der Waals surface area contributed by atoms with Gasteiger partial charge in [0.25, 0.3) is 0 Å². The molecule has 2 saturated heterocycles. The molecule has 2 rings (SSSR count). The number of nitrogens with one attached hydrogen (secondary N) is 6. The minimum absolute atomic E-state index is 0.121. The molecule has 9 atom stereocenters. The van der Waals surface area contributed by atoms with Crippen molar-refractivity contribution in [2.45, 2.75) is 155 Å². The molecule has 2 heterocycles. The lowest BCUT2D eigenvalue weighted by molar-refractivity contribution is -0.144. The normalized spacial score (nSPS) is 19.6. The third-order valence-electron chi connectivity index (χ3n) is 10.9. The first kappa shape index (κ1) is 52.6. The molecule has 22 heteroatoms. The van der Waals surface area contributed by atoms with Crippen molar-refractivity contribution < 1.29 is 48.3 Å². The third-order valence-corrected chi connectivity index (χ3v) is 10.9. The quantitative estimate of drug-likeness (QED) is 0.0303. The summed E-state index contributed by atoms with van der Waals surface area (Å²) in [6.45, 7) is 15.0. The Hall–Kier alpha value is -5.54. The predicted octanol–water partition coefficient (Wildman–Crippen LogP) is -2.63. The first-order chi connectivity index (χ1) is 28.9. The molecule has 2 aliphatic heterocycles. The Balaban J connectivity index is 2.15. The van der Waals surface area contributed by atoms with Gasteiger partial charge in [-0.3, -0.25) is 43.3 Å². The number of carbonyl (C=O) groups excluding carboxylic acids is 8. The summed E-state index contributed by atoms with van der Waals surface area (Å²) < 4.78 is 0. The third kappa shape index (κ3) is 15.1. The van der Waals surface area contributed by atoms with Crippen LogP contribution in [0.25, 0.3) is 0 Å². The number of carbonyl (C=O) groups is 9. The van der Waals surface area contributed by atoms with Crippen molar-refractivity contribution in [1.29, 1.82) is 0 Å². The summed E-state index contributed by atoms with van der Waals surface area (Å²) in [6.07, 6.45) is 2.12. The fourth-order valence-corrected chi connectivity index (χ4v) is 7.22. The van der Waals surface area contributed by atoms with Crippen molar-refractivity contribution in [2.75, 3.05) is 19.6 Å². The van der Waals surface area contributed by atoms with Crippen LogP contribution in [0.1, 0.15) is 101 Å². The van der Waals surface area contributed by atoms with E-state index >= 15 is 0 Å². The van der Waals surface area contributed by atoms with Gasteiger partial charge in [0, 0.05) is 19.6 Å². The van der Waals surface area contributed by atoms with E-state index in [1.54, 1.807) is 41.5 Å². The summed E-state index contributed by atoms with van der Waals surface area (Å²) in [7, 11) is 0. The van der Waals surface area contributed by atoms with Gasteiger partial charge in [0.1, 0.15) is 48.3 Å². The predicted molar refractivity (Wildman–Crippen MR) is 228 cm³/mol. The molecule has 0 aromatic rings. The van der Waals surface area contributed by atoms with Gasteiger partial charge in [-0.05, 0) is 77.0 Å². The summed E-state index contributed by atoms with van der Waals surface area (Å²) in [6, 6.07) is -9.52. The van der Waals surface area contributed by atoms with Crippen molar-refractivity contribution in [3.05, 3.63) is 0 Å². The second-order valence-corrected chi connectivity index (χ2v) is 17.2. The number of carboxylic acid groups (broad SMARTS) is 1. The number of hydrogen-bond donors (Lipinski definition) is 10. The number of amides is 8. The minimum atomic E-state index is -1.23. The zero-order chi connectivity index (χ0) is 47.2. The molecule has 2 aliphatic rings. The number of likely N-dealkylation sites (tertiary alicyclic amines) is 2. The van der Waals surface area contributed by atoms with E-state index in [1.165, 1.54) is 30.6 Å². The number of aliphatic carboxylic acids is 1. The second-order valence-electron chi connectivity index (χ2n) is 17.2. The van der Waals surface area contributed by atoms with Crippen LogP contribution in [0.2, 0.25) is 0 Å². The molecule has 0 bridgehead atoms. The Morgan fingerprint density at radius 2 is 1.02 bits per heavy atom. The monoisotopic (exact) mass is 879 g/mol. The molecule has 0 radical (unpaired) electrons. The van der Waals surface area contributed by atoms with Crippen LogP contribution in [0.5, 0.6) is 0 Å². The largest absolute Gasteiger partial charge is 0.480 e. The molecule has 0 aromatic heterocycles.